The first-order valence-electron chi connectivity index (χ1n) is 8.42. The molecule has 3 aliphatic carbocycles. The maximum Gasteiger partial charge on any atom is 0.0464 e. The third kappa shape index (κ3) is 1.65. The number of hydrogen-bond acceptors (Lipinski definition) is 1. The maximum absolute atomic E-state index is 9.72. The Morgan fingerprint density at radius 1 is 1.15 bits per heavy atom. The zero-order chi connectivity index (χ0) is 13.7. The van der Waals surface area contributed by atoms with Gasteiger partial charge in [0, 0.05) is 6.61 Å². The molecule has 20 heavy (non-hydrogen) atoms. The second-order valence-electron chi connectivity index (χ2n) is 7.62. The molecule has 0 radical (unpaired) electrons. The quantitative estimate of drug-likeness (QED) is 0.812. The van der Waals surface area contributed by atoms with E-state index in [1.165, 1.54) is 38.5 Å². The summed E-state index contributed by atoms with van der Waals surface area (Å²) in [7, 11) is 0. The number of rotatable bonds is 1. The van der Waals surface area contributed by atoms with E-state index in [4.69, 9.17) is 0 Å². The highest BCUT2D eigenvalue weighted by Gasteiger charge is 2.54. The number of fused-ring (bicyclic) bond motifs is 5. The molecule has 108 valence electrons. The Morgan fingerprint density at radius 3 is 2.85 bits per heavy atom. The van der Waals surface area contributed by atoms with Gasteiger partial charge in [-0.25, -0.2) is 0 Å². The molecule has 0 spiro atoms. The van der Waals surface area contributed by atoms with E-state index >= 15 is 0 Å². The van der Waals surface area contributed by atoms with Crippen molar-refractivity contribution in [3.05, 3.63) is 35.4 Å². The number of benzene rings is 1. The van der Waals surface area contributed by atoms with Crippen molar-refractivity contribution in [1.82, 2.24) is 0 Å². The highest BCUT2D eigenvalue weighted by Crippen LogP contribution is 2.62. The summed E-state index contributed by atoms with van der Waals surface area (Å²) in [4.78, 5) is 0. The molecule has 3 aliphatic rings. The lowest BCUT2D eigenvalue weighted by Gasteiger charge is -2.50. The molecule has 1 N–H and O–H groups in total. The standard InChI is InChI=1S/C19H26O/c1-19-11-10-16-15-5-3-2-4-13(15)6-8-17(16)18(19)9-7-14(19)12-20/h2-5,14,16-18,20H,6-12H2,1H3/t14-,16+,17+,18-,19+/m0/s1. The van der Waals surface area contributed by atoms with Gasteiger partial charge in [-0.05, 0) is 78.7 Å². The van der Waals surface area contributed by atoms with Gasteiger partial charge in [-0.15, -0.1) is 0 Å². The van der Waals surface area contributed by atoms with Crippen molar-refractivity contribution in [3.63, 3.8) is 0 Å². The van der Waals surface area contributed by atoms with E-state index in [9.17, 15) is 5.11 Å². The Kier molecular flexibility index (Phi) is 2.96. The van der Waals surface area contributed by atoms with Crippen molar-refractivity contribution < 1.29 is 5.11 Å². The topological polar surface area (TPSA) is 20.2 Å². The first-order valence-corrected chi connectivity index (χ1v) is 8.42. The van der Waals surface area contributed by atoms with Crippen molar-refractivity contribution in [1.29, 1.82) is 0 Å². The average Bonchev–Trinajstić information content (AvgIpc) is 2.83. The van der Waals surface area contributed by atoms with Gasteiger partial charge in [-0.3, -0.25) is 0 Å². The Hall–Kier alpha value is -0.820. The van der Waals surface area contributed by atoms with Gasteiger partial charge in [-0.2, -0.15) is 0 Å². The zero-order valence-electron chi connectivity index (χ0n) is 12.5. The van der Waals surface area contributed by atoms with Gasteiger partial charge in [-0.1, -0.05) is 31.2 Å². The summed E-state index contributed by atoms with van der Waals surface area (Å²) in [6.07, 6.45) is 7.91. The second kappa shape index (κ2) is 4.59. The number of aryl methyl sites for hydroxylation is 1. The van der Waals surface area contributed by atoms with E-state index in [0.29, 0.717) is 17.9 Å². The first-order chi connectivity index (χ1) is 9.74. The van der Waals surface area contributed by atoms with E-state index < -0.39 is 0 Å². The molecular weight excluding hydrogens is 244 g/mol. The summed E-state index contributed by atoms with van der Waals surface area (Å²) in [6, 6.07) is 9.14. The van der Waals surface area contributed by atoms with E-state index in [2.05, 4.69) is 31.2 Å². The van der Waals surface area contributed by atoms with Crippen LogP contribution in [0.25, 0.3) is 0 Å². The van der Waals surface area contributed by atoms with E-state index in [1.807, 2.05) is 0 Å². The second-order valence-corrected chi connectivity index (χ2v) is 7.62. The van der Waals surface area contributed by atoms with Crippen LogP contribution in [0, 0.1) is 23.2 Å². The van der Waals surface area contributed by atoms with Gasteiger partial charge in [0.25, 0.3) is 0 Å². The van der Waals surface area contributed by atoms with Crippen LogP contribution in [0.5, 0.6) is 0 Å². The molecule has 1 aromatic rings. The van der Waals surface area contributed by atoms with E-state index in [0.717, 1.165) is 17.8 Å². The summed E-state index contributed by atoms with van der Waals surface area (Å²) in [5.74, 6) is 3.09. The molecule has 1 heteroatoms. The van der Waals surface area contributed by atoms with Crippen LogP contribution in [-0.4, -0.2) is 11.7 Å². The molecule has 0 aromatic heterocycles. The number of hydrogen-bond donors (Lipinski definition) is 1. The van der Waals surface area contributed by atoms with Crippen molar-refractivity contribution in [2.45, 2.75) is 51.4 Å². The van der Waals surface area contributed by atoms with Crippen molar-refractivity contribution >= 4 is 0 Å². The fourth-order valence-corrected chi connectivity index (χ4v) is 5.93. The monoisotopic (exact) mass is 270 g/mol. The van der Waals surface area contributed by atoms with Crippen LogP contribution < -0.4 is 0 Å². The van der Waals surface area contributed by atoms with Crippen molar-refractivity contribution in [2.24, 2.45) is 23.2 Å². The minimum absolute atomic E-state index is 0.404. The van der Waals surface area contributed by atoms with Gasteiger partial charge in [0.05, 0.1) is 0 Å². The lowest BCUT2D eigenvalue weighted by molar-refractivity contribution is 0.00958. The predicted octanol–water partition coefficient (Wildman–Crippen LogP) is 4.15. The van der Waals surface area contributed by atoms with E-state index in [-0.39, 0.29) is 0 Å². The molecule has 2 saturated carbocycles. The predicted molar refractivity (Wildman–Crippen MR) is 81.6 cm³/mol. The summed E-state index contributed by atoms with van der Waals surface area (Å²) < 4.78 is 0. The zero-order valence-corrected chi connectivity index (χ0v) is 12.5. The molecule has 5 atom stereocenters. The summed E-state index contributed by atoms with van der Waals surface area (Å²) in [6.45, 7) is 2.88. The molecule has 0 heterocycles. The van der Waals surface area contributed by atoms with Crippen molar-refractivity contribution in [2.75, 3.05) is 6.61 Å². The summed E-state index contributed by atoms with van der Waals surface area (Å²) >= 11 is 0. The fraction of sp³-hybridized carbons (Fsp3) is 0.684. The van der Waals surface area contributed by atoms with Crippen LogP contribution in [0.15, 0.2) is 24.3 Å². The SMILES string of the molecule is C[C@]12CC[C@@H]3c4ccccc4CC[C@H]3[C@@H]1CC[C@H]2CO. The molecule has 0 bridgehead atoms. The molecule has 1 nitrogen and oxygen atoms in total. The first kappa shape index (κ1) is 12.9. The van der Waals surface area contributed by atoms with Crippen molar-refractivity contribution in [3.8, 4) is 0 Å². The highest BCUT2D eigenvalue weighted by atomic mass is 16.3. The Bertz CT molecular complexity index is 508. The molecule has 1 aromatic carbocycles. The van der Waals surface area contributed by atoms with Crippen LogP contribution in [0.4, 0.5) is 0 Å². The highest BCUT2D eigenvalue weighted by molar-refractivity contribution is 5.34. The van der Waals surface area contributed by atoms with Crippen LogP contribution in [-0.2, 0) is 6.42 Å². The number of aliphatic hydroxyl groups excluding tert-OH is 1. The molecule has 0 unspecified atom stereocenters. The summed E-state index contributed by atoms with van der Waals surface area (Å²) in [5, 5.41) is 9.72. The van der Waals surface area contributed by atoms with Crippen LogP contribution >= 0.6 is 0 Å². The summed E-state index contributed by atoms with van der Waals surface area (Å²) in [5.41, 5.74) is 3.68. The number of aliphatic hydroxyl groups is 1. The Balaban J connectivity index is 1.69. The Labute approximate surface area is 122 Å². The molecule has 0 amide bonds. The Morgan fingerprint density at radius 2 is 2.00 bits per heavy atom. The van der Waals surface area contributed by atoms with E-state index in [1.54, 1.807) is 11.1 Å². The lowest BCUT2D eigenvalue weighted by atomic mass is 9.54. The molecular formula is C19H26O. The third-order valence-electron chi connectivity index (χ3n) is 7.06. The average molecular weight is 270 g/mol. The lowest BCUT2D eigenvalue weighted by Crippen LogP contribution is -2.43. The van der Waals surface area contributed by atoms with Crippen LogP contribution in [0.3, 0.4) is 0 Å². The normalized spacial score (nSPS) is 42.7. The molecule has 0 aliphatic heterocycles. The minimum atomic E-state index is 0.404. The largest absolute Gasteiger partial charge is 0.396 e. The fourth-order valence-electron chi connectivity index (χ4n) is 5.93. The minimum Gasteiger partial charge on any atom is -0.396 e. The van der Waals surface area contributed by atoms with Gasteiger partial charge in [0.1, 0.15) is 0 Å². The maximum atomic E-state index is 9.72. The van der Waals surface area contributed by atoms with Gasteiger partial charge in [0.15, 0.2) is 0 Å². The van der Waals surface area contributed by atoms with Crippen LogP contribution in [0.1, 0.15) is 56.1 Å². The van der Waals surface area contributed by atoms with Gasteiger partial charge >= 0.3 is 0 Å². The molecule has 0 saturated heterocycles. The van der Waals surface area contributed by atoms with Gasteiger partial charge < -0.3 is 5.11 Å². The van der Waals surface area contributed by atoms with Crippen LogP contribution in [0.2, 0.25) is 0 Å². The molecule has 4 rings (SSSR count). The van der Waals surface area contributed by atoms with Gasteiger partial charge in [0.2, 0.25) is 0 Å². The smallest absolute Gasteiger partial charge is 0.0464 e. The molecule has 2 fully saturated rings. The third-order valence-corrected chi connectivity index (χ3v) is 7.06.